The summed E-state index contributed by atoms with van der Waals surface area (Å²) in [6, 6.07) is 4.09. The second-order valence-corrected chi connectivity index (χ2v) is 8.89. The Morgan fingerprint density at radius 1 is 1.00 bits per heavy atom. The molecule has 2 saturated carbocycles. The van der Waals surface area contributed by atoms with E-state index in [1.54, 1.807) is 36.3 Å². The summed E-state index contributed by atoms with van der Waals surface area (Å²) in [6.07, 6.45) is 9.68. The van der Waals surface area contributed by atoms with Crippen molar-refractivity contribution in [3.63, 3.8) is 0 Å². The lowest BCUT2D eigenvalue weighted by Gasteiger charge is -2.19. The Morgan fingerprint density at radius 3 is 2.24 bits per heavy atom. The molecule has 5 atom stereocenters. The number of amides is 2. The molecule has 1 saturated heterocycles. The van der Waals surface area contributed by atoms with E-state index in [4.69, 9.17) is 0 Å². The molecule has 2 N–H and O–H groups in total. The van der Waals surface area contributed by atoms with E-state index >= 15 is 0 Å². The number of carbonyl (C=O) groups excluding carboxylic acids is 2. The van der Waals surface area contributed by atoms with Crippen LogP contribution in [0.4, 0.5) is 0 Å². The molecule has 1 aromatic heterocycles. The number of nitrogens with one attached hydrogen (secondary N) is 2. The summed E-state index contributed by atoms with van der Waals surface area (Å²) >= 11 is 1.80. The summed E-state index contributed by atoms with van der Waals surface area (Å²) in [6.45, 7) is 0. The van der Waals surface area contributed by atoms with E-state index in [2.05, 4.69) is 15.6 Å². The second-order valence-electron chi connectivity index (χ2n) is 7.58. The number of fused-ring (bicyclic) bond motifs is 1. The summed E-state index contributed by atoms with van der Waals surface area (Å²) in [5.41, 5.74) is 0.672. The average molecular weight is 359 g/mol. The molecule has 6 heteroatoms. The van der Waals surface area contributed by atoms with Crippen LogP contribution in [0.15, 0.2) is 24.5 Å². The quantitative estimate of drug-likeness (QED) is 0.866. The molecule has 0 spiro atoms. The number of nitrogens with zero attached hydrogens (tertiary/aromatic N) is 1. The fourth-order valence-electron chi connectivity index (χ4n) is 4.70. The van der Waals surface area contributed by atoms with Crippen LogP contribution in [0.1, 0.15) is 48.9 Å². The van der Waals surface area contributed by atoms with E-state index in [0.717, 1.165) is 44.3 Å². The lowest BCUT2D eigenvalue weighted by Crippen LogP contribution is -2.39. The van der Waals surface area contributed by atoms with Crippen molar-refractivity contribution in [2.75, 3.05) is 5.75 Å². The van der Waals surface area contributed by atoms with Crippen LogP contribution in [0.5, 0.6) is 0 Å². The topological polar surface area (TPSA) is 71.1 Å². The highest BCUT2D eigenvalue weighted by molar-refractivity contribution is 8.00. The van der Waals surface area contributed by atoms with Crippen LogP contribution in [0.3, 0.4) is 0 Å². The van der Waals surface area contributed by atoms with Gasteiger partial charge in [-0.15, -0.1) is 11.8 Å². The smallest absolute Gasteiger partial charge is 0.251 e. The van der Waals surface area contributed by atoms with Gasteiger partial charge in [0.1, 0.15) is 0 Å². The molecule has 0 bridgehead atoms. The van der Waals surface area contributed by atoms with Gasteiger partial charge >= 0.3 is 0 Å². The van der Waals surface area contributed by atoms with Crippen molar-refractivity contribution in [3.8, 4) is 0 Å². The maximum atomic E-state index is 12.3. The van der Waals surface area contributed by atoms with Crippen molar-refractivity contribution in [1.29, 1.82) is 0 Å². The first-order chi connectivity index (χ1) is 12.2. The van der Waals surface area contributed by atoms with Crippen molar-refractivity contribution >= 4 is 23.6 Å². The minimum Gasteiger partial charge on any atom is -0.352 e. The Hall–Kier alpha value is -1.56. The summed E-state index contributed by atoms with van der Waals surface area (Å²) in [7, 11) is 0. The van der Waals surface area contributed by atoms with Gasteiger partial charge in [-0.05, 0) is 68.2 Å². The van der Waals surface area contributed by atoms with Gasteiger partial charge in [-0.25, -0.2) is 0 Å². The molecule has 2 aliphatic carbocycles. The Bertz CT molecular complexity index is 619. The predicted molar refractivity (Wildman–Crippen MR) is 98.3 cm³/mol. The Morgan fingerprint density at radius 2 is 1.64 bits per heavy atom. The first-order valence-corrected chi connectivity index (χ1v) is 10.4. The van der Waals surface area contributed by atoms with Crippen LogP contribution in [0.25, 0.3) is 0 Å². The minimum absolute atomic E-state index is 0.00418. The van der Waals surface area contributed by atoms with Crippen LogP contribution in [0.2, 0.25) is 0 Å². The molecule has 0 aromatic carbocycles. The molecule has 1 aromatic rings. The molecule has 2 heterocycles. The van der Waals surface area contributed by atoms with Gasteiger partial charge in [0.15, 0.2) is 0 Å². The fraction of sp³-hybridized carbons (Fsp3) is 0.632. The standard InChI is InChI=1S/C19H25N3O2S/c23-18(12-3-5-20-6-4-12)21-15-8-13-10-16(11-14(13)9-15)22-19(24)17-2-1-7-25-17/h3-6,13-17H,1-2,7-11H2,(H,21,23)(H,22,24)/t13-,14+,15?,16?,17?. The highest BCUT2D eigenvalue weighted by Gasteiger charge is 2.43. The summed E-state index contributed by atoms with van der Waals surface area (Å²) in [5, 5.41) is 6.62. The van der Waals surface area contributed by atoms with Crippen LogP contribution in [-0.2, 0) is 4.79 Å². The van der Waals surface area contributed by atoms with Crippen LogP contribution in [0, 0.1) is 11.8 Å². The molecule has 3 aliphatic rings. The normalized spacial score (nSPS) is 33.8. The highest BCUT2D eigenvalue weighted by Crippen LogP contribution is 2.44. The molecule has 5 nitrogen and oxygen atoms in total. The van der Waals surface area contributed by atoms with Crippen molar-refractivity contribution in [1.82, 2.24) is 15.6 Å². The predicted octanol–water partition coefficient (Wildman–Crippen LogP) is 2.38. The van der Waals surface area contributed by atoms with Crippen LogP contribution in [-0.4, -0.2) is 39.9 Å². The van der Waals surface area contributed by atoms with Gasteiger partial charge < -0.3 is 10.6 Å². The third-order valence-corrected chi connectivity index (χ3v) is 7.24. The Labute approximate surface area is 152 Å². The van der Waals surface area contributed by atoms with E-state index in [-0.39, 0.29) is 23.1 Å². The third kappa shape index (κ3) is 3.84. The van der Waals surface area contributed by atoms with Gasteiger partial charge in [-0.3, -0.25) is 14.6 Å². The van der Waals surface area contributed by atoms with Crippen LogP contribution >= 0.6 is 11.8 Å². The van der Waals surface area contributed by atoms with E-state index < -0.39 is 0 Å². The van der Waals surface area contributed by atoms with E-state index in [1.165, 1.54) is 0 Å². The van der Waals surface area contributed by atoms with Crippen molar-refractivity contribution in [2.45, 2.75) is 55.9 Å². The fourth-order valence-corrected chi connectivity index (χ4v) is 5.87. The SMILES string of the molecule is O=C(NC1C[C@@H]2CC(NC(=O)C3CCCS3)C[C@@H]2C1)c1ccncc1. The maximum absolute atomic E-state index is 12.3. The molecule has 3 unspecified atom stereocenters. The zero-order chi connectivity index (χ0) is 17.2. The molecule has 0 radical (unpaired) electrons. The number of pyridine rings is 1. The zero-order valence-corrected chi connectivity index (χ0v) is 15.1. The van der Waals surface area contributed by atoms with Gasteiger partial charge in [0, 0.05) is 30.0 Å². The second kappa shape index (κ2) is 7.36. The zero-order valence-electron chi connectivity index (χ0n) is 14.3. The van der Waals surface area contributed by atoms with Gasteiger partial charge in [0.2, 0.25) is 5.91 Å². The maximum Gasteiger partial charge on any atom is 0.251 e. The van der Waals surface area contributed by atoms with E-state index in [0.29, 0.717) is 23.4 Å². The molecule has 2 amide bonds. The number of carbonyl (C=O) groups is 2. The molecule has 1 aliphatic heterocycles. The van der Waals surface area contributed by atoms with Gasteiger partial charge in [-0.1, -0.05) is 0 Å². The Kier molecular flexibility index (Phi) is 4.97. The monoisotopic (exact) mass is 359 g/mol. The molecular formula is C19H25N3O2S. The first kappa shape index (κ1) is 16.9. The average Bonchev–Trinajstić information content (AvgIpc) is 3.32. The highest BCUT2D eigenvalue weighted by atomic mass is 32.2. The summed E-state index contributed by atoms with van der Waals surface area (Å²) in [4.78, 5) is 28.5. The summed E-state index contributed by atoms with van der Waals surface area (Å²) in [5.74, 6) is 2.62. The van der Waals surface area contributed by atoms with Gasteiger partial charge in [-0.2, -0.15) is 0 Å². The lowest BCUT2D eigenvalue weighted by atomic mass is 10.0. The summed E-state index contributed by atoms with van der Waals surface area (Å²) < 4.78 is 0. The van der Waals surface area contributed by atoms with Crippen molar-refractivity contribution in [3.05, 3.63) is 30.1 Å². The Balaban J connectivity index is 1.25. The van der Waals surface area contributed by atoms with Gasteiger partial charge in [0.05, 0.1) is 5.25 Å². The number of hydrogen-bond donors (Lipinski definition) is 2. The molecule has 3 fully saturated rings. The number of thioether (sulfide) groups is 1. The molecule has 4 rings (SSSR count). The minimum atomic E-state index is -0.00418. The largest absolute Gasteiger partial charge is 0.352 e. The first-order valence-electron chi connectivity index (χ1n) is 9.32. The van der Waals surface area contributed by atoms with Crippen LogP contribution < -0.4 is 10.6 Å². The molecule has 25 heavy (non-hydrogen) atoms. The van der Waals surface area contributed by atoms with E-state index in [1.807, 2.05) is 0 Å². The number of aromatic nitrogens is 1. The van der Waals surface area contributed by atoms with Gasteiger partial charge in [0.25, 0.3) is 5.91 Å². The molecular weight excluding hydrogens is 334 g/mol. The number of hydrogen-bond acceptors (Lipinski definition) is 4. The van der Waals surface area contributed by atoms with Crippen molar-refractivity contribution < 1.29 is 9.59 Å². The van der Waals surface area contributed by atoms with Crippen molar-refractivity contribution in [2.24, 2.45) is 11.8 Å². The number of rotatable bonds is 4. The third-order valence-electron chi connectivity index (χ3n) is 5.86. The molecule has 134 valence electrons. The lowest BCUT2D eigenvalue weighted by molar-refractivity contribution is -0.121. The van der Waals surface area contributed by atoms with E-state index in [9.17, 15) is 9.59 Å².